The second-order valence-electron chi connectivity index (χ2n) is 2.38. The number of halogens is 2. The first-order valence-corrected chi connectivity index (χ1v) is 2.53. The minimum atomic E-state index is -1.84. The summed E-state index contributed by atoms with van der Waals surface area (Å²) < 4.78 is 12.5. The van der Waals surface area contributed by atoms with Gasteiger partial charge < -0.3 is 10.8 Å². The van der Waals surface area contributed by atoms with E-state index in [1.54, 1.807) is 0 Å². The lowest BCUT2D eigenvalue weighted by molar-refractivity contribution is -0.141. The van der Waals surface area contributed by atoms with E-state index in [-0.39, 0.29) is 12.4 Å². The molecule has 0 spiro atoms. The Hall–Kier alpha value is -0.350. The Morgan fingerprint density at radius 1 is 1.70 bits per heavy atom. The molecule has 5 heteroatoms. The number of alkyl halides is 1. The molecule has 10 heavy (non-hydrogen) atoms. The quantitative estimate of drug-likeness (QED) is 0.639. The molecule has 0 radical (unpaired) electrons. The Kier molecular flexibility index (Phi) is 4.60. The Bertz CT molecular complexity index is 123. The van der Waals surface area contributed by atoms with Crippen LogP contribution in [0, 0.1) is 0 Å². The summed E-state index contributed by atoms with van der Waals surface area (Å²) in [5.41, 5.74) is 3.08. The molecule has 0 aliphatic heterocycles. The van der Waals surface area contributed by atoms with Crippen molar-refractivity contribution in [3.63, 3.8) is 0 Å². The minimum absolute atomic E-state index is 0. The summed E-state index contributed by atoms with van der Waals surface area (Å²) in [5, 5.41) is 8.15. The monoisotopic (exact) mass is 171 g/mol. The zero-order valence-corrected chi connectivity index (χ0v) is 6.61. The van der Waals surface area contributed by atoms with E-state index in [1.807, 2.05) is 0 Å². The molecule has 0 aromatic rings. The Balaban J connectivity index is 0. The third kappa shape index (κ3) is 3.63. The van der Waals surface area contributed by atoms with Crippen LogP contribution >= 0.6 is 12.4 Å². The molecular weight excluding hydrogens is 161 g/mol. The van der Waals surface area contributed by atoms with E-state index in [9.17, 15) is 9.18 Å². The fraction of sp³-hybridized carbons (Fsp3) is 0.800. The van der Waals surface area contributed by atoms with Crippen molar-refractivity contribution in [3.8, 4) is 0 Å². The highest BCUT2D eigenvalue weighted by atomic mass is 35.5. The molecule has 0 aromatic carbocycles. The van der Waals surface area contributed by atoms with E-state index in [0.717, 1.165) is 13.8 Å². The number of carboxylic acids is 1. The Morgan fingerprint density at radius 3 is 2.00 bits per heavy atom. The molecule has 0 saturated carbocycles. The van der Waals surface area contributed by atoms with E-state index < -0.39 is 17.7 Å². The summed E-state index contributed by atoms with van der Waals surface area (Å²) in [7, 11) is 0. The van der Waals surface area contributed by atoms with Crippen LogP contribution in [-0.2, 0) is 4.79 Å². The van der Waals surface area contributed by atoms with Crippen molar-refractivity contribution in [2.45, 2.75) is 25.6 Å². The van der Waals surface area contributed by atoms with Gasteiger partial charge in [-0.25, -0.2) is 4.39 Å². The van der Waals surface area contributed by atoms with Crippen molar-refractivity contribution in [2.24, 2.45) is 5.73 Å². The number of carboxylic acid groups (broad SMARTS) is 1. The first kappa shape index (κ1) is 12.3. The van der Waals surface area contributed by atoms with Gasteiger partial charge in [0.25, 0.3) is 0 Å². The van der Waals surface area contributed by atoms with Gasteiger partial charge in [-0.3, -0.25) is 4.79 Å². The van der Waals surface area contributed by atoms with Gasteiger partial charge in [0.1, 0.15) is 11.7 Å². The summed E-state index contributed by atoms with van der Waals surface area (Å²) in [5.74, 6) is -1.32. The van der Waals surface area contributed by atoms with Crippen LogP contribution < -0.4 is 5.73 Å². The Labute approximate surface area is 64.8 Å². The summed E-state index contributed by atoms with van der Waals surface area (Å²) in [6, 6.07) is -1.43. The molecule has 1 atom stereocenters. The number of carbonyl (C=O) groups is 1. The molecule has 0 unspecified atom stereocenters. The number of nitrogens with two attached hydrogens (primary N) is 1. The fourth-order valence-corrected chi connectivity index (χ4v) is 0.294. The number of rotatable bonds is 2. The topological polar surface area (TPSA) is 63.3 Å². The predicted octanol–water partition coefficient (Wildman–Crippen LogP) is 0.568. The Morgan fingerprint density at radius 2 is 2.00 bits per heavy atom. The van der Waals surface area contributed by atoms with Crippen LogP contribution in [0.1, 0.15) is 13.8 Å². The second kappa shape index (κ2) is 3.73. The summed E-state index contributed by atoms with van der Waals surface area (Å²) in [6.45, 7) is 2.26. The summed E-state index contributed by atoms with van der Waals surface area (Å²) in [6.07, 6.45) is 0. The minimum Gasteiger partial charge on any atom is -0.480 e. The van der Waals surface area contributed by atoms with E-state index >= 15 is 0 Å². The van der Waals surface area contributed by atoms with Crippen LogP contribution in [0.5, 0.6) is 0 Å². The third-order valence-electron chi connectivity index (χ3n) is 1.01. The van der Waals surface area contributed by atoms with Crippen molar-refractivity contribution in [1.29, 1.82) is 0 Å². The van der Waals surface area contributed by atoms with Crippen molar-refractivity contribution < 1.29 is 14.3 Å². The summed E-state index contributed by atoms with van der Waals surface area (Å²) >= 11 is 0. The van der Waals surface area contributed by atoms with Gasteiger partial charge in [0.05, 0.1) is 0 Å². The molecule has 0 aliphatic rings. The fourth-order valence-electron chi connectivity index (χ4n) is 0.294. The predicted molar refractivity (Wildman–Crippen MR) is 38.0 cm³/mol. The van der Waals surface area contributed by atoms with Crippen LogP contribution in [0.4, 0.5) is 4.39 Å². The van der Waals surface area contributed by atoms with Gasteiger partial charge in [0.2, 0.25) is 0 Å². The lowest BCUT2D eigenvalue weighted by Gasteiger charge is -2.17. The molecule has 62 valence electrons. The highest BCUT2D eigenvalue weighted by Gasteiger charge is 2.31. The first-order chi connectivity index (χ1) is 3.85. The van der Waals surface area contributed by atoms with Gasteiger partial charge in [-0.15, -0.1) is 12.4 Å². The highest BCUT2D eigenvalue weighted by molar-refractivity contribution is 5.85. The van der Waals surface area contributed by atoms with Gasteiger partial charge in [-0.1, -0.05) is 0 Å². The van der Waals surface area contributed by atoms with Crippen LogP contribution in [0.3, 0.4) is 0 Å². The second-order valence-corrected chi connectivity index (χ2v) is 2.38. The lowest BCUT2D eigenvalue weighted by atomic mass is 10.0. The van der Waals surface area contributed by atoms with Crippen LogP contribution in [0.15, 0.2) is 0 Å². The van der Waals surface area contributed by atoms with Crippen molar-refractivity contribution in [3.05, 3.63) is 0 Å². The molecular formula is C5H11ClFNO2. The van der Waals surface area contributed by atoms with E-state index in [0.29, 0.717) is 0 Å². The van der Waals surface area contributed by atoms with Crippen molar-refractivity contribution >= 4 is 18.4 Å². The zero-order chi connectivity index (χ0) is 7.65. The van der Waals surface area contributed by atoms with Gasteiger partial charge in [0, 0.05) is 0 Å². The SMILES string of the molecule is CC(C)(F)[C@H](N)C(=O)O.Cl. The first-order valence-electron chi connectivity index (χ1n) is 2.53. The molecule has 3 N–H and O–H groups in total. The van der Waals surface area contributed by atoms with Crippen molar-refractivity contribution in [2.75, 3.05) is 0 Å². The number of hydrogen-bond donors (Lipinski definition) is 2. The smallest absolute Gasteiger partial charge is 0.323 e. The molecule has 0 aromatic heterocycles. The van der Waals surface area contributed by atoms with E-state index in [1.165, 1.54) is 0 Å². The maximum Gasteiger partial charge on any atom is 0.323 e. The average Bonchev–Trinajstić information content (AvgIpc) is 1.62. The standard InChI is InChI=1S/C5H10FNO2.ClH/c1-5(2,6)3(7)4(8)9;/h3H,7H2,1-2H3,(H,8,9);1H/t3-;/m1./s1. The van der Waals surface area contributed by atoms with Gasteiger partial charge in [-0.05, 0) is 13.8 Å². The van der Waals surface area contributed by atoms with E-state index in [2.05, 4.69) is 0 Å². The molecule has 0 saturated heterocycles. The highest BCUT2D eigenvalue weighted by Crippen LogP contribution is 2.11. The molecule has 0 aliphatic carbocycles. The van der Waals surface area contributed by atoms with Gasteiger partial charge in [-0.2, -0.15) is 0 Å². The maximum atomic E-state index is 12.5. The lowest BCUT2D eigenvalue weighted by Crippen LogP contribution is -2.45. The summed E-state index contributed by atoms with van der Waals surface area (Å²) in [4.78, 5) is 9.98. The van der Waals surface area contributed by atoms with Crippen LogP contribution in [0.25, 0.3) is 0 Å². The van der Waals surface area contributed by atoms with Crippen LogP contribution in [-0.4, -0.2) is 22.8 Å². The molecule has 3 nitrogen and oxygen atoms in total. The van der Waals surface area contributed by atoms with Gasteiger partial charge in [0.15, 0.2) is 0 Å². The van der Waals surface area contributed by atoms with Crippen molar-refractivity contribution in [1.82, 2.24) is 0 Å². The largest absolute Gasteiger partial charge is 0.480 e. The molecule has 0 bridgehead atoms. The normalized spacial score (nSPS) is 13.6. The average molecular weight is 172 g/mol. The molecule has 0 fully saturated rings. The van der Waals surface area contributed by atoms with Gasteiger partial charge >= 0.3 is 5.97 Å². The molecule has 0 rings (SSSR count). The zero-order valence-electron chi connectivity index (χ0n) is 5.80. The van der Waals surface area contributed by atoms with Crippen LogP contribution in [0.2, 0.25) is 0 Å². The van der Waals surface area contributed by atoms with E-state index in [4.69, 9.17) is 10.8 Å². The number of aliphatic carboxylic acids is 1. The number of hydrogen-bond acceptors (Lipinski definition) is 2. The molecule has 0 heterocycles. The third-order valence-corrected chi connectivity index (χ3v) is 1.01. The molecule has 0 amide bonds. The maximum absolute atomic E-state index is 12.5.